The van der Waals surface area contributed by atoms with Crippen LogP contribution in [0, 0.1) is 5.92 Å². The average molecular weight is 365 g/mol. The van der Waals surface area contributed by atoms with E-state index in [1.54, 1.807) is 30.3 Å². The zero-order valence-corrected chi connectivity index (χ0v) is 13.8. The van der Waals surface area contributed by atoms with E-state index in [9.17, 15) is 27.9 Å². The zero-order valence-electron chi connectivity index (χ0n) is 13.8. The third-order valence-electron chi connectivity index (χ3n) is 3.89. The number of alkyl halides is 3. The lowest BCUT2D eigenvalue weighted by atomic mass is 9.99. The lowest BCUT2D eigenvalue weighted by Crippen LogP contribution is -2.35. The Morgan fingerprint density at radius 1 is 1.00 bits per heavy atom. The van der Waals surface area contributed by atoms with Crippen molar-refractivity contribution in [2.75, 3.05) is 6.54 Å². The molecule has 2 N–H and O–H groups in total. The van der Waals surface area contributed by atoms with Gasteiger partial charge in [-0.3, -0.25) is 9.59 Å². The number of aliphatic carboxylic acids is 1. The van der Waals surface area contributed by atoms with Crippen LogP contribution in [0.5, 0.6) is 0 Å². The highest BCUT2D eigenvalue weighted by Crippen LogP contribution is 2.31. The van der Waals surface area contributed by atoms with Crippen LogP contribution >= 0.6 is 0 Å². The number of benzene rings is 2. The summed E-state index contributed by atoms with van der Waals surface area (Å²) in [5.74, 6) is -2.59. The van der Waals surface area contributed by atoms with Gasteiger partial charge in [0.05, 0.1) is 17.9 Å². The van der Waals surface area contributed by atoms with Crippen molar-refractivity contribution in [2.45, 2.75) is 19.0 Å². The molecule has 0 aliphatic heterocycles. The minimum absolute atomic E-state index is 0.146. The fourth-order valence-electron chi connectivity index (χ4n) is 2.57. The molecule has 0 spiro atoms. The Hall–Kier alpha value is -2.83. The molecule has 0 saturated carbocycles. The highest BCUT2D eigenvalue weighted by Gasteiger charge is 2.33. The highest BCUT2D eigenvalue weighted by atomic mass is 19.4. The number of amides is 1. The van der Waals surface area contributed by atoms with E-state index < -0.39 is 36.0 Å². The second kappa shape index (κ2) is 8.51. The fourth-order valence-corrected chi connectivity index (χ4v) is 2.57. The quantitative estimate of drug-likeness (QED) is 0.791. The first-order valence-electron chi connectivity index (χ1n) is 7.96. The monoisotopic (exact) mass is 365 g/mol. The number of carboxylic acid groups (broad SMARTS) is 1. The summed E-state index contributed by atoms with van der Waals surface area (Å²) in [6.07, 6.45) is -4.79. The second-order valence-electron chi connectivity index (χ2n) is 5.86. The van der Waals surface area contributed by atoms with Gasteiger partial charge in [-0.2, -0.15) is 13.2 Å². The third kappa shape index (κ3) is 5.61. The third-order valence-corrected chi connectivity index (χ3v) is 3.89. The van der Waals surface area contributed by atoms with Gasteiger partial charge in [0.25, 0.3) is 0 Å². The lowest BCUT2D eigenvalue weighted by Gasteiger charge is -2.15. The van der Waals surface area contributed by atoms with Crippen LogP contribution < -0.4 is 5.32 Å². The van der Waals surface area contributed by atoms with E-state index in [2.05, 4.69) is 5.32 Å². The average Bonchev–Trinajstić information content (AvgIpc) is 2.58. The lowest BCUT2D eigenvalue weighted by molar-refractivity contribution is -0.141. The molecule has 2 aromatic carbocycles. The second-order valence-corrected chi connectivity index (χ2v) is 5.86. The standard InChI is InChI=1S/C19H18F3NO3/c20-19(21,22)16-9-5-4-8-14(16)11-17(24)23-12-15(18(25)26)10-13-6-2-1-3-7-13/h1-9,15H,10-12H2,(H,23,24)(H,25,26). The first-order valence-corrected chi connectivity index (χ1v) is 7.96. The summed E-state index contributed by atoms with van der Waals surface area (Å²) >= 11 is 0. The summed E-state index contributed by atoms with van der Waals surface area (Å²) in [7, 11) is 0. The van der Waals surface area contributed by atoms with Crippen molar-refractivity contribution in [2.24, 2.45) is 5.92 Å². The van der Waals surface area contributed by atoms with E-state index in [1.165, 1.54) is 18.2 Å². The van der Waals surface area contributed by atoms with Gasteiger partial charge in [0.1, 0.15) is 0 Å². The van der Waals surface area contributed by atoms with Gasteiger partial charge < -0.3 is 10.4 Å². The maximum atomic E-state index is 13.0. The van der Waals surface area contributed by atoms with Gasteiger partial charge >= 0.3 is 12.1 Å². The van der Waals surface area contributed by atoms with Crippen LogP contribution in [0.4, 0.5) is 13.2 Å². The van der Waals surface area contributed by atoms with Gasteiger partial charge in [-0.25, -0.2) is 0 Å². The minimum Gasteiger partial charge on any atom is -0.481 e. The summed E-state index contributed by atoms with van der Waals surface area (Å²) in [6.45, 7) is -0.156. The normalized spacial score (nSPS) is 12.4. The van der Waals surface area contributed by atoms with Crippen LogP contribution in [0.2, 0.25) is 0 Å². The van der Waals surface area contributed by atoms with Crippen molar-refractivity contribution in [3.05, 3.63) is 71.3 Å². The van der Waals surface area contributed by atoms with E-state index in [4.69, 9.17) is 0 Å². The molecule has 0 aliphatic rings. The number of carbonyl (C=O) groups excluding carboxylic acids is 1. The number of rotatable bonds is 7. The van der Waals surface area contributed by atoms with Crippen molar-refractivity contribution < 1.29 is 27.9 Å². The fraction of sp³-hybridized carbons (Fsp3) is 0.263. The highest BCUT2D eigenvalue weighted by molar-refractivity contribution is 5.80. The molecule has 7 heteroatoms. The molecular weight excluding hydrogens is 347 g/mol. The number of carbonyl (C=O) groups is 2. The molecule has 4 nitrogen and oxygen atoms in total. The Kier molecular flexibility index (Phi) is 6.38. The number of hydrogen-bond acceptors (Lipinski definition) is 2. The smallest absolute Gasteiger partial charge is 0.416 e. The first kappa shape index (κ1) is 19.5. The molecule has 0 radical (unpaired) electrons. The van der Waals surface area contributed by atoms with Crippen molar-refractivity contribution in [1.29, 1.82) is 0 Å². The number of carboxylic acids is 1. The van der Waals surface area contributed by atoms with E-state index in [0.29, 0.717) is 0 Å². The Balaban J connectivity index is 1.98. The minimum atomic E-state index is -4.55. The van der Waals surface area contributed by atoms with E-state index >= 15 is 0 Å². The predicted molar refractivity (Wildman–Crippen MR) is 89.4 cm³/mol. The van der Waals surface area contributed by atoms with Crippen molar-refractivity contribution in [3.63, 3.8) is 0 Å². The van der Waals surface area contributed by atoms with Crippen molar-refractivity contribution in [1.82, 2.24) is 5.32 Å². The molecular formula is C19H18F3NO3. The molecule has 1 unspecified atom stereocenters. The predicted octanol–water partition coefficient (Wildman–Crippen LogP) is 3.31. The summed E-state index contributed by atoms with van der Waals surface area (Å²) in [6, 6.07) is 13.7. The molecule has 0 saturated heterocycles. The molecule has 0 aliphatic carbocycles. The Bertz CT molecular complexity index is 760. The largest absolute Gasteiger partial charge is 0.481 e. The van der Waals surface area contributed by atoms with E-state index in [1.807, 2.05) is 0 Å². The van der Waals surface area contributed by atoms with Crippen LogP contribution in [0.1, 0.15) is 16.7 Å². The van der Waals surface area contributed by atoms with Crippen LogP contribution in [-0.4, -0.2) is 23.5 Å². The van der Waals surface area contributed by atoms with Crippen LogP contribution in [-0.2, 0) is 28.6 Å². The topological polar surface area (TPSA) is 66.4 Å². The SMILES string of the molecule is O=C(Cc1ccccc1C(F)(F)F)NCC(Cc1ccccc1)C(=O)O. The van der Waals surface area contributed by atoms with Crippen LogP contribution in [0.25, 0.3) is 0 Å². The molecule has 0 fully saturated rings. The van der Waals surface area contributed by atoms with Crippen molar-refractivity contribution in [3.8, 4) is 0 Å². The maximum absolute atomic E-state index is 13.0. The van der Waals surface area contributed by atoms with E-state index in [-0.39, 0.29) is 18.5 Å². The van der Waals surface area contributed by atoms with Gasteiger partial charge in [-0.15, -0.1) is 0 Å². The maximum Gasteiger partial charge on any atom is 0.416 e. The summed E-state index contributed by atoms with van der Waals surface area (Å²) in [5, 5.41) is 11.7. The zero-order chi connectivity index (χ0) is 19.2. The van der Waals surface area contributed by atoms with Gasteiger partial charge in [-0.05, 0) is 23.6 Å². The Labute approximate surface area is 148 Å². The molecule has 1 amide bonds. The summed E-state index contributed by atoms with van der Waals surface area (Å²) in [4.78, 5) is 23.4. The molecule has 26 heavy (non-hydrogen) atoms. The van der Waals surface area contributed by atoms with E-state index in [0.717, 1.165) is 11.6 Å². The Morgan fingerprint density at radius 2 is 1.62 bits per heavy atom. The van der Waals surface area contributed by atoms with Crippen LogP contribution in [0.3, 0.4) is 0 Å². The number of halogens is 3. The molecule has 0 heterocycles. The summed E-state index contributed by atoms with van der Waals surface area (Å²) < 4.78 is 38.9. The van der Waals surface area contributed by atoms with Gasteiger partial charge in [-0.1, -0.05) is 48.5 Å². The van der Waals surface area contributed by atoms with Gasteiger partial charge in [0.15, 0.2) is 0 Å². The van der Waals surface area contributed by atoms with Gasteiger partial charge in [0.2, 0.25) is 5.91 Å². The van der Waals surface area contributed by atoms with Gasteiger partial charge in [0, 0.05) is 6.54 Å². The first-order chi connectivity index (χ1) is 12.3. The molecule has 0 aromatic heterocycles. The molecule has 138 valence electrons. The number of hydrogen-bond donors (Lipinski definition) is 2. The summed E-state index contributed by atoms with van der Waals surface area (Å²) in [5.41, 5.74) is -0.210. The van der Waals surface area contributed by atoms with Crippen LogP contribution in [0.15, 0.2) is 54.6 Å². The van der Waals surface area contributed by atoms with Crippen molar-refractivity contribution >= 4 is 11.9 Å². The Morgan fingerprint density at radius 3 is 2.23 bits per heavy atom. The molecule has 2 rings (SSSR count). The molecule has 2 aromatic rings. The molecule has 1 atom stereocenters. The number of nitrogens with one attached hydrogen (secondary N) is 1. The molecule has 0 bridgehead atoms.